The van der Waals surface area contributed by atoms with Gasteiger partial charge in [-0.25, -0.2) is 4.79 Å². The van der Waals surface area contributed by atoms with Crippen molar-refractivity contribution in [1.29, 1.82) is 5.26 Å². The molecule has 0 saturated heterocycles. The Morgan fingerprint density at radius 3 is 2.56 bits per heavy atom. The van der Waals surface area contributed by atoms with Gasteiger partial charge in [0.1, 0.15) is 6.04 Å². The van der Waals surface area contributed by atoms with Crippen LogP contribution in [-0.2, 0) is 20.7 Å². The summed E-state index contributed by atoms with van der Waals surface area (Å²) in [6, 6.07) is 14.3. The minimum Gasteiger partial charge on any atom is -0.467 e. The Morgan fingerprint density at radius 2 is 1.89 bits per heavy atom. The van der Waals surface area contributed by atoms with Gasteiger partial charge in [0.15, 0.2) is 0 Å². The number of carbonyl (C=O) groups is 3. The fraction of sp³-hybridized carbons (Fsp3) is 0.200. The van der Waals surface area contributed by atoms with Crippen molar-refractivity contribution in [3.63, 3.8) is 0 Å². The van der Waals surface area contributed by atoms with Gasteiger partial charge in [0.2, 0.25) is 5.91 Å². The molecule has 0 spiro atoms. The van der Waals surface area contributed by atoms with Gasteiger partial charge in [0.25, 0.3) is 5.91 Å². The van der Waals surface area contributed by atoms with Crippen LogP contribution in [-0.4, -0.2) is 30.9 Å². The summed E-state index contributed by atoms with van der Waals surface area (Å²) in [5, 5.41) is 14.2. The number of methoxy groups -OCH3 is 1. The molecule has 2 aromatic carbocycles. The summed E-state index contributed by atoms with van der Waals surface area (Å²) < 4.78 is 4.78. The number of ether oxygens (including phenoxy) is 1. The van der Waals surface area contributed by atoms with Gasteiger partial charge in [-0.1, -0.05) is 18.2 Å². The molecule has 0 unspecified atom stereocenters. The normalized spacial score (nSPS) is 11.0. The third-order valence-corrected chi connectivity index (χ3v) is 3.73. The average Bonchev–Trinajstić information content (AvgIpc) is 2.66. The lowest BCUT2D eigenvalue weighted by atomic mass is 10.0. The molecule has 0 radical (unpaired) electrons. The number of benzene rings is 2. The van der Waals surface area contributed by atoms with Crippen molar-refractivity contribution in [2.24, 2.45) is 0 Å². The van der Waals surface area contributed by atoms with E-state index >= 15 is 0 Å². The SMILES string of the molecule is COC(=O)[C@@H](Cc1cccc(C#N)c1)NC(=O)c1cccc(NC(C)=O)c1. The van der Waals surface area contributed by atoms with E-state index < -0.39 is 17.9 Å². The number of nitrogens with one attached hydrogen (secondary N) is 2. The van der Waals surface area contributed by atoms with Crippen LogP contribution < -0.4 is 10.6 Å². The predicted octanol–water partition coefficient (Wildman–Crippen LogP) is 2.03. The van der Waals surface area contributed by atoms with Crippen LogP contribution in [0.4, 0.5) is 5.69 Å². The fourth-order valence-electron chi connectivity index (χ4n) is 2.52. The second-order valence-electron chi connectivity index (χ2n) is 5.83. The van der Waals surface area contributed by atoms with Crippen LogP contribution in [0.3, 0.4) is 0 Å². The molecule has 0 aliphatic heterocycles. The summed E-state index contributed by atoms with van der Waals surface area (Å²) in [5.41, 5.74) is 1.95. The minimum absolute atomic E-state index is 0.180. The van der Waals surface area contributed by atoms with Crippen LogP contribution in [0.15, 0.2) is 48.5 Å². The summed E-state index contributed by atoms with van der Waals surface area (Å²) in [6.07, 6.45) is 0.180. The van der Waals surface area contributed by atoms with Crippen molar-refractivity contribution in [2.45, 2.75) is 19.4 Å². The molecule has 0 fully saturated rings. The van der Waals surface area contributed by atoms with Gasteiger partial charge in [0.05, 0.1) is 18.7 Å². The smallest absolute Gasteiger partial charge is 0.328 e. The number of carbonyl (C=O) groups excluding carboxylic acids is 3. The first-order chi connectivity index (χ1) is 12.9. The lowest BCUT2D eigenvalue weighted by molar-refractivity contribution is -0.142. The Labute approximate surface area is 156 Å². The number of hydrogen-bond donors (Lipinski definition) is 2. The van der Waals surface area contributed by atoms with Gasteiger partial charge in [-0.15, -0.1) is 0 Å². The van der Waals surface area contributed by atoms with E-state index in [4.69, 9.17) is 10.00 Å². The summed E-state index contributed by atoms with van der Waals surface area (Å²) in [5.74, 6) is -1.32. The third kappa shape index (κ3) is 5.68. The first-order valence-corrected chi connectivity index (χ1v) is 8.18. The molecule has 0 aromatic heterocycles. The van der Waals surface area contributed by atoms with Crippen molar-refractivity contribution < 1.29 is 19.1 Å². The van der Waals surface area contributed by atoms with Crippen molar-refractivity contribution in [1.82, 2.24) is 5.32 Å². The molecule has 1 atom stereocenters. The topological polar surface area (TPSA) is 108 Å². The highest BCUT2D eigenvalue weighted by Gasteiger charge is 2.23. The fourth-order valence-corrected chi connectivity index (χ4v) is 2.52. The predicted molar refractivity (Wildman–Crippen MR) is 98.9 cm³/mol. The number of hydrogen-bond acceptors (Lipinski definition) is 5. The van der Waals surface area contributed by atoms with Crippen molar-refractivity contribution in [2.75, 3.05) is 12.4 Å². The zero-order valence-corrected chi connectivity index (χ0v) is 15.0. The van der Waals surface area contributed by atoms with Gasteiger partial charge in [0, 0.05) is 24.6 Å². The minimum atomic E-state index is -0.916. The number of amides is 2. The lowest BCUT2D eigenvalue weighted by Gasteiger charge is -2.17. The summed E-state index contributed by atoms with van der Waals surface area (Å²) in [6.45, 7) is 1.37. The molecule has 0 saturated carbocycles. The number of nitriles is 1. The Hall–Kier alpha value is -3.66. The molecule has 2 aromatic rings. The van der Waals surface area contributed by atoms with E-state index in [9.17, 15) is 14.4 Å². The first-order valence-electron chi connectivity index (χ1n) is 8.18. The molecule has 7 heteroatoms. The Balaban J connectivity index is 2.18. The second-order valence-corrected chi connectivity index (χ2v) is 5.83. The Kier molecular flexibility index (Phi) is 6.67. The number of rotatable bonds is 6. The van der Waals surface area contributed by atoms with E-state index in [-0.39, 0.29) is 12.3 Å². The molecule has 138 valence electrons. The molecular weight excluding hydrogens is 346 g/mol. The largest absolute Gasteiger partial charge is 0.467 e. The quantitative estimate of drug-likeness (QED) is 0.762. The van der Waals surface area contributed by atoms with Gasteiger partial charge in [-0.3, -0.25) is 9.59 Å². The van der Waals surface area contributed by atoms with Gasteiger partial charge in [-0.05, 0) is 35.9 Å². The molecule has 0 bridgehead atoms. The van der Waals surface area contributed by atoms with E-state index in [1.54, 1.807) is 42.5 Å². The lowest BCUT2D eigenvalue weighted by Crippen LogP contribution is -2.43. The zero-order chi connectivity index (χ0) is 19.8. The maximum Gasteiger partial charge on any atom is 0.328 e. The maximum absolute atomic E-state index is 12.5. The van der Waals surface area contributed by atoms with Crippen LogP contribution in [0, 0.1) is 11.3 Å². The highest BCUT2D eigenvalue weighted by atomic mass is 16.5. The van der Waals surface area contributed by atoms with Crippen molar-refractivity contribution in [3.8, 4) is 6.07 Å². The Morgan fingerprint density at radius 1 is 1.15 bits per heavy atom. The summed E-state index contributed by atoms with van der Waals surface area (Å²) >= 11 is 0. The zero-order valence-electron chi connectivity index (χ0n) is 15.0. The highest BCUT2D eigenvalue weighted by molar-refractivity contribution is 5.98. The average molecular weight is 365 g/mol. The molecule has 7 nitrogen and oxygen atoms in total. The highest BCUT2D eigenvalue weighted by Crippen LogP contribution is 2.12. The van der Waals surface area contributed by atoms with Crippen LogP contribution in [0.1, 0.15) is 28.4 Å². The van der Waals surface area contributed by atoms with Gasteiger partial charge in [-0.2, -0.15) is 5.26 Å². The van der Waals surface area contributed by atoms with E-state index in [0.717, 1.165) is 5.56 Å². The summed E-state index contributed by atoms with van der Waals surface area (Å²) in [7, 11) is 1.24. The Bertz CT molecular complexity index is 902. The van der Waals surface area contributed by atoms with Crippen LogP contribution in [0.25, 0.3) is 0 Å². The second kappa shape index (κ2) is 9.15. The number of nitrogens with zero attached hydrogens (tertiary/aromatic N) is 1. The van der Waals surface area contributed by atoms with E-state index in [0.29, 0.717) is 16.8 Å². The van der Waals surface area contributed by atoms with Gasteiger partial charge < -0.3 is 15.4 Å². The van der Waals surface area contributed by atoms with Crippen LogP contribution in [0.5, 0.6) is 0 Å². The van der Waals surface area contributed by atoms with Crippen LogP contribution >= 0.6 is 0 Å². The van der Waals surface area contributed by atoms with E-state index in [1.807, 2.05) is 6.07 Å². The van der Waals surface area contributed by atoms with Crippen molar-refractivity contribution in [3.05, 3.63) is 65.2 Å². The number of anilines is 1. The van der Waals surface area contributed by atoms with E-state index in [2.05, 4.69) is 10.6 Å². The third-order valence-electron chi connectivity index (χ3n) is 3.73. The standard InChI is InChI=1S/C20H19N3O4/c1-13(24)22-17-8-4-7-16(11-17)19(25)23-18(20(26)27-2)10-14-5-3-6-15(9-14)12-21/h3-9,11,18H,10H2,1-2H3,(H,22,24)(H,23,25)/t18-/m1/s1. The number of esters is 1. The summed E-state index contributed by atoms with van der Waals surface area (Å²) in [4.78, 5) is 35.8. The molecular formula is C20H19N3O4. The first kappa shape index (κ1) is 19.7. The molecule has 2 amide bonds. The molecule has 0 heterocycles. The monoisotopic (exact) mass is 365 g/mol. The van der Waals surface area contributed by atoms with Crippen molar-refractivity contribution >= 4 is 23.5 Å². The van der Waals surface area contributed by atoms with E-state index in [1.165, 1.54) is 20.1 Å². The van der Waals surface area contributed by atoms with Gasteiger partial charge >= 0.3 is 5.97 Å². The molecule has 2 rings (SSSR count). The molecule has 2 N–H and O–H groups in total. The molecule has 27 heavy (non-hydrogen) atoms. The molecule has 0 aliphatic rings. The maximum atomic E-state index is 12.5. The van der Waals surface area contributed by atoms with Crippen LogP contribution in [0.2, 0.25) is 0 Å². The molecule has 0 aliphatic carbocycles.